The molecule has 1 saturated heterocycles. The van der Waals surface area contributed by atoms with Crippen LogP contribution < -0.4 is 5.32 Å². The van der Waals surface area contributed by atoms with Gasteiger partial charge in [-0.3, -0.25) is 0 Å². The normalized spacial score (nSPS) is 20.6. The van der Waals surface area contributed by atoms with E-state index < -0.39 is 0 Å². The van der Waals surface area contributed by atoms with Crippen molar-refractivity contribution in [2.75, 3.05) is 13.2 Å². The van der Waals surface area contributed by atoms with Crippen LogP contribution in [-0.2, 0) is 4.74 Å². The lowest BCUT2D eigenvalue weighted by atomic mass is 9.98. The first kappa shape index (κ1) is 14.1. The largest absolute Gasteiger partial charge is 0.378 e. The maximum absolute atomic E-state index is 5.84. The molecule has 0 aliphatic carbocycles. The van der Waals surface area contributed by atoms with Crippen molar-refractivity contribution >= 4 is 21.4 Å². The zero-order chi connectivity index (χ0) is 13.8. The highest BCUT2D eigenvalue weighted by molar-refractivity contribution is 7.17. The fourth-order valence-corrected chi connectivity index (χ4v) is 4.02. The zero-order valence-electron chi connectivity index (χ0n) is 12.1. The molecule has 2 atom stereocenters. The van der Waals surface area contributed by atoms with Crippen LogP contribution >= 0.6 is 11.3 Å². The van der Waals surface area contributed by atoms with Crippen LogP contribution in [0.25, 0.3) is 10.1 Å². The van der Waals surface area contributed by atoms with Crippen molar-refractivity contribution in [3.05, 3.63) is 35.2 Å². The molecule has 2 unspecified atom stereocenters. The van der Waals surface area contributed by atoms with E-state index in [0.717, 1.165) is 19.6 Å². The average Bonchev–Trinajstić information content (AvgIpc) is 3.12. The number of thiophene rings is 1. The minimum Gasteiger partial charge on any atom is -0.378 e. The van der Waals surface area contributed by atoms with Crippen LogP contribution in [0.3, 0.4) is 0 Å². The second kappa shape index (κ2) is 6.70. The second-order valence-electron chi connectivity index (χ2n) is 5.56. The third-order valence-electron chi connectivity index (χ3n) is 4.05. The molecule has 2 aromatic rings. The van der Waals surface area contributed by atoms with Crippen LogP contribution in [0.1, 0.15) is 44.2 Å². The van der Waals surface area contributed by atoms with Crippen molar-refractivity contribution < 1.29 is 4.74 Å². The highest BCUT2D eigenvalue weighted by Crippen LogP contribution is 2.34. The van der Waals surface area contributed by atoms with Gasteiger partial charge in [0.15, 0.2) is 0 Å². The molecule has 0 radical (unpaired) electrons. The number of hydrogen-bond donors (Lipinski definition) is 1. The van der Waals surface area contributed by atoms with Crippen molar-refractivity contribution in [3.8, 4) is 0 Å². The van der Waals surface area contributed by atoms with Crippen molar-refractivity contribution in [1.29, 1.82) is 0 Å². The highest BCUT2D eigenvalue weighted by Gasteiger charge is 2.23. The first-order valence-corrected chi connectivity index (χ1v) is 8.57. The maximum atomic E-state index is 5.84. The van der Waals surface area contributed by atoms with Gasteiger partial charge in [0.25, 0.3) is 0 Å². The first-order chi connectivity index (χ1) is 9.88. The Balaban J connectivity index is 1.83. The van der Waals surface area contributed by atoms with E-state index >= 15 is 0 Å². The van der Waals surface area contributed by atoms with Gasteiger partial charge in [0, 0.05) is 17.3 Å². The van der Waals surface area contributed by atoms with E-state index in [-0.39, 0.29) is 0 Å². The molecule has 1 aliphatic heterocycles. The smallest absolute Gasteiger partial charge is 0.0594 e. The maximum Gasteiger partial charge on any atom is 0.0594 e. The Morgan fingerprint density at radius 2 is 2.30 bits per heavy atom. The lowest BCUT2D eigenvalue weighted by Crippen LogP contribution is -2.26. The summed E-state index contributed by atoms with van der Waals surface area (Å²) >= 11 is 1.85. The molecule has 0 spiro atoms. The molecule has 2 heterocycles. The van der Waals surface area contributed by atoms with Crippen molar-refractivity contribution in [1.82, 2.24) is 5.32 Å². The molecule has 108 valence electrons. The van der Waals surface area contributed by atoms with Crippen LogP contribution in [0.2, 0.25) is 0 Å². The molecule has 20 heavy (non-hydrogen) atoms. The van der Waals surface area contributed by atoms with Gasteiger partial charge in [-0.1, -0.05) is 25.1 Å². The quantitative estimate of drug-likeness (QED) is 0.844. The fourth-order valence-electron chi connectivity index (χ4n) is 3.00. The number of fused-ring (bicyclic) bond motifs is 1. The second-order valence-corrected chi connectivity index (χ2v) is 6.48. The Kier molecular flexibility index (Phi) is 4.71. The fraction of sp³-hybridized carbons (Fsp3) is 0.529. The van der Waals surface area contributed by atoms with Gasteiger partial charge in [-0.2, -0.15) is 0 Å². The van der Waals surface area contributed by atoms with Crippen LogP contribution in [0.5, 0.6) is 0 Å². The van der Waals surface area contributed by atoms with Crippen LogP contribution in [0, 0.1) is 0 Å². The monoisotopic (exact) mass is 289 g/mol. The van der Waals surface area contributed by atoms with Gasteiger partial charge in [0.1, 0.15) is 0 Å². The Bertz CT molecular complexity index is 545. The Morgan fingerprint density at radius 1 is 1.40 bits per heavy atom. The summed E-state index contributed by atoms with van der Waals surface area (Å²) in [6.07, 6.45) is 5.13. The molecule has 2 nitrogen and oxygen atoms in total. The van der Waals surface area contributed by atoms with Crippen LogP contribution in [0.4, 0.5) is 0 Å². The van der Waals surface area contributed by atoms with Crippen molar-refractivity contribution in [2.45, 2.75) is 44.8 Å². The SMILES string of the molecule is CCCNC(CC1CCCO1)c1csc2ccccc12. The molecule has 1 N–H and O–H groups in total. The summed E-state index contributed by atoms with van der Waals surface area (Å²) in [6, 6.07) is 9.15. The lowest BCUT2D eigenvalue weighted by Gasteiger charge is -2.21. The van der Waals surface area contributed by atoms with E-state index in [1.807, 2.05) is 11.3 Å². The predicted molar refractivity (Wildman–Crippen MR) is 86.5 cm³/mol. The summed E-state index contributed by atoms with van der Waals surface area (Å²) in [4.78, 5) is 0. The van der Waals surface area contributed by atoms with Gasteiger partial charge >= 0.3 is 0 Å². The lowest BCUT2D eigenvalue weighted by molar-refractivity contribution is 0.0947. The summed E-state index contributed by atoms with van der Waals surface area (Å²) < 4.78 is 7.22. The molecule has 3 heteroatoms. The van der Waals surface area contributed by atoms with Gasteiger partial charge in [0.05, 0.1) is 6.10 Å². The standard InChI is InChI=1S/C17H23NOS/c1-2-9-18-16(11-13-6-5-10-19-13)15-12-20-17-8-4-3-7-14(15)17/h3-4,7-8,12-13,16,18H,2,5-6,9-11H2,1H3. The first-order valence-electron chi connectivity index (χ1n) is 7.69. The minimum atomic E-state index is 0.425. The van der Waals surface area contributed by atoms with E-state index in [1.165, 1.54) is 34.9 Å². The zero-order valence-corrected chi connectivity index (χ0v) is 12.9. The van der Waals surface area contributed by atoms with Crippen molar-refractivity contribution in [2.24, 2.45) is 0 Å². The molecule has 1 aromatic heterocycles. The number of ether oxygens (including phenoxy) is 1. The predicted octanol–water partition coefficient (Wildman–Crippen LogP) is 4.51. The summed E-state index contributed by atoms with van der Waals surface area (Å²) in [5.41, 5.74) is 1.45. The molecule has 0 amide bonds. The molecule has 0 saturated carbocycles. The van der Waals surface area contributed by atoms with Gasteiger partial charge in [-0.25, -0.2) is 0 Å². The number of hydrogen-bond acceptors (Lipinski definition) is 3. The summed E-state index contributed by atoms with van der Waals surface area (Å²) in [7, 11) is 0. The highest BCUT2D eigenvalue weighted by atomic mass is 32.1. The average molecular weight is 289 g/mol. The molecule has 0 bridgehead atoms. The number of nitrogens with one attached hydrogen (secondary N) is 1. The molecular formula is C17H23NOS. The Morgan fingerprint density at radius 3 is 3.10 bits per heavy atom. The molecule has 1 aliphatic rings. The van der Waals surface area contributed by atoms with Gasteiger partial charge in [-0.05, 0) is 54.6 Å². The van der Waals surface area contributed by atoms with E-state index in [1.54, 1.807) is 0 Å². The third-order valence-corrected chi connectivity index (χ3v) is 5.03. The van der Waals surface area contributed by atoms with E-state index in [0.29, 0.717) is 12.1 Å². The molecule has 1 fully saturated rings. The topological polar surface area (TPSA) is 21.3 Å². The minimum absolute atomic E-state index is 0.425. The Labute approximate surface area is 125 Å². The summed E-state index contributed by atoms with van der Waals surface area (Å²) in [5, 5.41) is 7.45. The number of rotatable bonds is 6. The van der Waals surface area contributed by atoms with E-state index in [4.69, 9.17) is 4.74 Å². The van der Waals surface area contributed by atoms with Gasteiger partial charge in [-0.15, -0.1) is 11.3 Å². The van der Waals surface area contributed by atoms with Crippen molar-refractivity contribution in [3.63, 3.8) is 0 Å². The third kappa shape index (κ3) is 3.05. The summed E-state index contributed by atoms with van der Waals surface area (Å²) in [6.45, 7) is 4.24. The van der Waals surface area contributed by atoms with E-state index in [2.05, 4.69) is 41.9 Å². The molecular weight excluding hydrogens is 266 g/mol. The Hall–Kier alpha value is -0.900. The van der Waals surface area contributed by atoms with Gasteiger partial charge < -0.3 is 10.1 Å². The van der Waals surface area contributed by atoms with Crippen LogP contribution in [0.15, 0.2) is 29.6 Å². The number of benzene rings is 1. The summed E-state index contributed by atoms with van der Waals surface area (Å²) in [5.74, 6) is 0. The van der Waals surface area contributed by atoms with Crippen LogP contribution in [-0.4, -0.2) is 19.3 Å². The molecule has 1 aromatic carbocycles. The van der Waals surface area contributed by atoms with E-state index in [9.17, 15) is 0 Å². The van der Waals surface area contributed by atoms with Gasteiger partial charge in [0.2, 0.25) is 0 Å². The molecule has 3 rings (SSSR count).